The molecule has 1 aromatic heterocycles. The van der Waals surface area contributed by atoms with Crippen LogP contribution in [0.3, 0.4) is 0 Å². The zero-order valence-electron chi connectivity index (χ0n) is 13.5. The highest BCUT2D eigenvalue weighted by Crippen LogP contribution is 2.31. The second-order valence-electron chi connectivity index (χ2n) is 5.35. The van der Waals surface area contributed by atoms with Gasteiger partial charge in [-0.1, -0.05) is 29.8 Å². The van der Waals surface area contributed by atoms with E-state index in [0.717, 1.165) is 11.8 Å². The van der Waals surface area contributed by atoms with Crippen molar-refractivity contribution in [3.63, 3.8) is 0 Å². The van der Waals surface area contributed by atoms with Crippen LogP contribution in [-0.2, 0) is 20.0 Å². The third-order valence-electron chi connectivity index (χ3n) is 3.27. The van der Waals surface area contributed by atoms with Crippen LogP contribution in [0.4, 0.5) is 5.88 Å². The minimum Gasteiger partial charge on any atom is -0.440 e. The normalized spacial score (nSPS) is 11.8. The van der Waals surface area contributed by atoms with Gasteiger partial charge in [-0.25, -0.2) is 8.42 Å². The minimum absolute atomic E-state index is 0.0475. The molecular weight excluding hydrogens is 366 g/mol. The average Bonchev–Trinajstić information content (AvgIpc) is 2.83. The molecule has 0 fully saturated rings. The summed E-state index contributed by atoms with van der Waals surface area (Å²) in [7, 11) is -7.36. The van der Waals surface area contributed by atoms with Gasteiger partial charge in [0, 0.05) is 11.6 Å². The molecule has 0 spiro atoms. The van der Waals surface area contributed by atoms with E-state index in [1.165, 1.54) is 12.1 Å². The van der Waals surface area contributed by atoms with Crippen molar-refractivity contribution in [3.05, 3.63) is 54.1 Å². The molecule has 0 radical (unpaired) electrons. The van der Waals surface area contributed by atoms with E-state index in [-0.39, 0.29) is 15.7 Å². The molecule has 0 aliphatic rings. The third kappa shape index (κ3) is 4.59. The number of para-hydroxylation sites is 1. The van der Waals surface area contributed by atoms with Gasteiger partial charge >= 0.3 is 0 Å². The molecule has 0 atom stereocenters. The molecule has 7 nitrogen and oxygen atoms in total. The Hall–Kier alpha value is -2.36. The molecule has 134 valence electrons. The molecule has 0 unspecified atom stereocenters. The van der Waals surface area contributed by atoms with Crippen LogP contribution in [0.15, 0.2) is 62.7 Å². The second kappa shape index (κ2) is 6.87. The number of furan rings is 1. The van der Waals surface area contributed by atoms with Crippen molar-refractivity contribution in [2.24, 2.45) is 0 Å². The Labute approximate surface area is 145 Å². The van der Waals surface area contributed by atoms with Crippen molar-refractivity contribution in [2.45, 2.75) is 16.7 Å². The first-order valence-corrected chi connectivity index (χ1v) is 10.3. The van der Waals surface area contributed by atoms with Crippen LogP contribution in [0, 0.1) is 6.92 Å². The summed E-state index contributed by atoms with van der Waals surface area (Å²) in [5.41, 5.74) is 6.94. The standard InChI is InChI=1S/C9H9NO3S.C7H8O3S/c1-14(11,12)8-6-4-2-3-5-7(6)13-9(8)10;1-6-2-4-7(5-3-6)11(8,9)10/h2-5H,10H2,1H3;2-5H,1H3,(H,8,9,10). The van der Waals surface area contributed by atoms with Crippen LogP contribution >= 0.6 is 0 Å². The predicted octanol–water partition coefficient (Wildman–Crippen LogP) is 2.66. The zero-order valence-corrected chi connectivity index (χ0v) is 15.1. The van der Waals surface area contributed by atoms with Gasteiger partial charge in [-0.15, -0.1) is 0 Å². The van der Waals surface area contributed by atoms with Crippen LogP contribution in [0.2, 0.25) is 0 Å². The molecule has 2 aromatic carbocycles. The average molecular weight is 383 g/mol. The van der Waals surface area contributed by atoms with Gasteiger partial charge in [-0.05, 0) is 31.2 Å². The van der Waals surface area contributed by atoms with Crippen molar-refractivity contribution < 1.29 is 25.8 Å². The number of rotatable bonds is 2. The van der Waals surface area contributed by atoms with Crippen LogP contribution in [0.1, 0.15) is 5.56 Å². The fraction of sp³-hybridized carbons (Fsp3) is 0.125. The summed E-state index contributed by atoms with van der Waals surface area (Å²) in [4.78, 5) is 0.0104. The van der Waals surface area contributed by atoms with Crippen molar-refractivity contribution in [1.29, 1.82) is 0 Å². The first-order valence-electron chi connectivity index (χ1n) is 7.01. The van der Waals surface area contributed by atoms with Gasteiger partial charge in [0.05, 0.1) is 4.90 Å². The molecule has 3 N–H and O–H groups in total. The Balaban J connectivity index is 0.000000186. The highest BCUT2D eigenvalue weighted by atomic mass is 32.2. The summed E-state index contributed by atoms with van der Waals surface area (Å²) in [5.74, 6) is -0.0475. The van der Waals surface area contributed by atoms with E-state index in [0.29, 0.717) is 11.0 Å². The lowest BCUT2D eigenvalue weighted by Gasteiger charge is -1.95. The number of hydrogen-bond donors (Lipinski definition) is 2. The first-order chi connectivity index (χ1) is 11.5. The third-order valence-corrected chi connectivity index (χ3v) is 5.30. The van der Waals surface area contributed by atoms with Gasteiger partial charge in [0.25, 0.3) is 10.1 Å². The number of sulfone groups is 1. The maximum atomic E-state index is 11.4. The van der Waals surface area contributed by atoms with Crippen molar-refractivity contribution in [1.82, 2.24) is 0 Å². The molecule has 1 heterocycles. The summed E-state index contributed by atoms with van der Waals surface area (Å²) in [6.07, 6.45) is 1.11. The monoisotopic (exact) mass is 383 g/mol. The van der Waals surface area contributed by atoms with E-state index >= 15 is 0 Å². The maximum Gasteiger partial charge on any atom is 0.294 e. The number of hydrogen-bond acceptors (Lipinski definition) is 6. The molecule has 9 heteroatoms. The van der Waals surface area contributed by atoms with E-state index < -0.39 is 20.0 Å². The number of benzene rings is 2. The van der Waals surface area contributed by atoms with E-state index in [2.05, 4.69) is 0 Å². The molecule has 0 aliphatic heterocycles. The van der Waals surface area contributed by atoms with Crippen molar-refractivity contribution in [2.75, 3.05) is 12.0 Å². The van der Waals surface area contributed by atoms with Gasteiger partial charge in [-0.2, -0.15) is 8.42 Å². The molecule has 0 saturated heterocycles. The van der Waals surface area contributed by atoms with Crippen molar-refractivity contribution in [3.8, 4) is 0 Å². The first kappa shape index (κ1) is 19.0. The smallest absolute Gasteiger partial charge is 0.294 e. The maximum absolute atomic E-state index is 11.4. The molecule has 3 aromatic rings. The van der Waals surface area contributed by atoms with E-state index in [4.69, 9.17) is 14.7 Å². The molecule has 0 saturated carbocycles. The molecular formula is C16H17NO6S2. The number of nitrogens with two attached hydrogens (primary N) is 1. The van der Waals surface area contributed by atoms with Crippen LogP contribution in [-0.4, -0.2) is 27.6 Å². The fourth-order valence-corrected chi connectivity index (χ4v) is 3.59. The number of anilines is 1. The fourth-order valence-electron chi connectivity index (χ4n) is 2.13. The van der Waals surface area contributed by atoms with Crippen LogP contribution in [0.5, 0.6) is 0 Å². The lowest BCUT2D eigenvalue weighted by molar-refractivity contribution is 0.483. The summed E-state index contributed by atoms with van der Waals surface area (Å²) in [6.45, 7) is 1.84. The lowest BCUT2D eigenvalue weighted by atomic mass is 10.2. The Kier molecular flexibility index (Phi) is 5.21. The van der Waals surface area contributed by atoms with E-state index in [1.54, 1.807) is 36.4 Å². The minimum atomic E-state index is -4.02. The number of fused-ring (bicyclic) bond motifs is 1. The number of nitrogen functional groups attached to an aromatic ring is 1. The summed E-state index contributed by atoms with van der Waals surface area (Å²) in [6, 6.07) is 12.8. The Morgan fingerprint density at radius 2 is 1.52 bits per heavy atom. The molecule has 0 aliphatic carbocycles. The number of aryl methyl sites for hydroxylation is 1. The summed E-state index contributed by atoms with van der Waals surface area (Å²) < 4.78 is 57.5. The Morgan fingerprint density at radius 1 is 0.960 bits per heavy atom. The molecule has 0 amide bonds. The van der Waals surface area contributed by atoms with Crippen LogP contribution < -0.4 is 5.73 Å². The van der Waals surface area contributed by atoms with Crippen molar-refractivity contribution >= 4 is 36.8 Å². The Morgan fingerprint density at radius 3 is 2.04 bits per heavy atom. The second-order valence-corrected chi connectivity index (χ2v) is 8.73. The molecule has 3 rings (SSSR count). The largest absolute Gasteiger partial charge is 0.440 e. The van der Waals surface area contributed by atoms with E-state index in [9.17, 15) is 16.8 Å². The van der Waals surface area contributed by atoms with Gasteiger partial charge in [0.2, 0.25) is 5.88 Å². The SMILES string of the molecule is CS(=O)(=O)c1c(N)oc2ccccc12.Cc1ccc(S(=O)(=O)O)cc1. The molecule has 0 bridgehead atoms. The summed E-state index contributed by atoms with van der Waals surface area (Å²) >= 11 is 0. The van der Waals surface area contributed by atoms with Gasteiger partial charge in [-0.3, -0.25) is 4.55 Å². The molecule has 25 heavy (non-hydrogen) atoms. The topological polar surface area (TPSA) is 128 Å². The van der Waals surface area contributed by atoms with Gasteiger partial charge < -0.3 is 10.2 Å². The van der Waals surface area contributed by atoms with Gasteiger partial charge in [0.15, 0.2) is 9.84 Å². The van der Waals surface area contributed by atoms with Gasteiger partial charge in [0.1, 0.15) is 10.5 Å². The quantitative estimate of drug-likeness (QED) is 0.651. The van der Waals surface area contributed by atoms with E-state index in [1.807, 2.05) is 6.92 Å². The predicted molar refractivity (Wildman–Crippen MR) is 94.7 cm³/mol. The highest BCUT2D eigenvalue weighted by molar-refractivity contribution is 7.91. The highest BCUT2D eigenvalue weighted by Gasteiger charge is 2.20. The lowest BCUT2D eigenvalue weighted by Crippen LogP contribution is -1.99. The Bertz CT molecular complexity index is 1100. The van der Waals surface area contributed by atoms with Crippen LogP contribution in [0.25, 0.3) is 11.0 Å². The zero-order chi connectivity index (χ0) is 18.8. The summed E-state index contributed by atoms with van der Waals surface area (Å²) in [5, 5.41) is 0.535.